The van der Waals surface area contributed by atoms with E-state index in [0.717, 1.165) is 24.3 Å². The standard InChI is InChI=1S/C26H22Cl2FN3O2/c1-31(26(34)24-20(28)3-2-4-21(24)29)22-8-6-14(11-23(22)32-12-16-9-17(16)13-32)18-10-15(25(30)33)5-7-19(18)27/h2-8,10-11,16-17H,9,12-13H2,1H3,(H2,30,33). The van der Waals surface area contributed by atoms with Gasteiger partial charge in [-0.15, -0.1) is 0 Å². The Bertz CT molecular complexity index is 1300. The zero-order chi connectivity index (χ0) is 24.1. The van der Waals surface area contributed by atoms with Gasteiger partial charge in [0.1, 0.15) is 5.82 Å². The van der Waals surface area contributed by atoms with Gasteiger partial charge in [0.25, 0.3) is 5.91 Å². The van der Waals surface area contributed by atoms with Crippen LogP contribution in [-0.4, -0.2) is 32.0 Å². The molecule has 34 heavy (non-hydrogen) atoms. The molecule has 2 aliphatic rings. The number of fused-ring (bicyclic) bond motifs is 1. The van der Waals surface area contributed by atoms with Crippen LogP contribution in [0.25, 0.3) is 11.1 Å². The first-order chi connectivity index (χ1) is 16.2. The second kappa shape index (κ2) is 8.60. The largest absolute Gasteiger partial charge is 0.369 e. The minimum Gasteiger partial charge on any atom is -0.369 e. The summed E-state index contributed by atoms with van der Waals surface area (Å²) in [7, 11) is 1.61. The summed E-state index contributed by atoms with van der Waals surface area (Å²) in [5.41, 5.74) is 8.59. The molecule has 3 aromatic rings. The molecule has 0 spiro atoms. The van der Waals surface area contributed by atoms with Gasteiger partial charge >= 0.3 is 0 Å². The molecule has 1 saturated heterocycles. The summed E-state index contributed by atoms with van der Waals surface area (Å²) < 4.78 is 14.5. The number of piperidine rings is 1. The molecule has 5 nitrogen and oxygen atoms in total. The molecule has 8 heteroatoms. The zero-order valence-corrected chi connectivity index (χ0v) is 19.9. The van der Waals surface area contributed by atoms with Crippen LogP contribution in [0.1, 0.15) is 27.1 Å². The lowest BCUT2D eigenvalue weighted by atomic mass is 10.0. The summed E-state index contributed by atoms with van der Waals surface area (Å²) in [5.74, 6) is -0.433. The summed E-state index contributed by atoms with van der Waals surface area (Å²) >= 11 is 12.6. The van der Waals surface area contributed by atoms with Crippen LogP contribution in [0.15, 0.2) is 54.6 Å². The van der Waals surface area contributed by atoms with Crippen molar-refractivity contribution in [1.82, 2.24) is 0 Å². The molecule has 2 amide bonds. The molecule has 0 bridgehead atoms. The van der Waals surface area contributed by atoms with E-state index < -0.39 is 17.6 Å². The summed E-state index contributed by atoms with van der Waals surface area (Å²) in [5, 5.41) is 0.544. The molecular weight excluding hydrogens is 476 g/mol. The van der Waals surface area contributed by atoms with E-state index in [1.54, 1.807) is 25.2 Å². The van der Waals surface area contributed by atoms with E-state index in [1.807, 2.05) is 18.2 Å². The number of nitrogens with two attached hydrogens (primary N) is 1. The van der Waals surface area contributed by atoms with E-state index in [1.165, 1.54) is 29.5 Å². The number of rotatable bonds is 5. The SMILES string of the molecule is CN(C(=O)c1c(F)cccc1Cl)c1ccc(-c2cc(C(N)=O)ccc2Cl)cc1N1CC2CC2C1. The van der Waals surface area contributed by atoms with Crippen LogP contribution in [0.5, 0.6) is 0 Å². The van der Waals surface area contributed by atoms with E-state index in [0.29, 0.717) is 33.7 Å². The van der Waals surface area contributed by atoms with Crippen molar-refractivity contribution >= 4 is 46.4 Å². The number of anilines is 2. The third-order valence-corrected chi connectivity index (χ3v) is 7.34. The zero-order valence-electron chi connectivity index (χ0n) is 18.4. The summed E-state index contributed by atoms with van der Waals surface area (Å²) in [6.07, 6.45) is 1.22. The second-order valence-corrected chi connectivity index (χ2v) is 9.70. The van der Waals surface area contributed by atoms with Crippen molar-refractivity contribution in [2.24, 2.45) is 17.6 Å². The minimum atomic E-state index is -0.667. The number of amides is 2. The fourth-order valence-corrected chi connectivity index (χ4v) is 5.17. The summed E-state index contributed by atoms with van der Waals surface area (Å²) in [4.78, 5) is 28.6. The maximum Gasteiger partial charge on any atom is 0.262 e. The molecule has 2 unspecified atom stereocenters. The smallest absolute Gasteiger partial charge is 0.262 e. The van der Waals surface area contributed by atoms with Crippen molar-refractivity contribution in [3.8, 4) is 11.1 Å². The molecule has 2 N–H and O–H groups in total. The van der Waals surface area contributed by atoms with E-state index in [4.69, 9.17) is 28.9 Å². The fraction of sp³-hybridized carbons (Fsp3) is 0.231. The Morgan fingerprint density at radius 3 is 2.44 bits per heavy atom. The molecule has 0 aromatic heterocycles. The first kappa shape index (κ1) is 22.7. The lowest BCUT2D eigenvalue weighted by Crippen LogP contribution is -2.31. The molecule has 2 fully saturated rings. The van der Waals surface area contributed by atoms with Gasteiger partial charge in [-0.2, -0.15) is 0 Å². The van der Waals surface area contributed by atoms with Crippen LogP contribution in [0.4, 0.5) is 15.8 Å². The number of primary amides is 1. The number of halogens is 3. The average molecular weight is 498 g/mol. The van der Waals surface area contributed by atoms with Gasteiger partial charge in [-0.1, -0.05) is 35.3 Å². The first-order valence-electron chi connectivity index (χ1n) is 11.0. The Kier molecular flexibility index (Phi) is 5.74. The van der Waals surface area contributed by atoms with Crippen LogP contribution in [0.3, 0.4) is 0 Å². The van der Waals surface area contributed by atoms with E-state index >= 15 is 0 Å². The summed E-state index contributed by atoms with van der Waals surface area (Å²) in [6, 6.07) is 14.7. The molecule has 0 radical (unpaired) electrons. The highest BCUT2D eigenvalue weighted by molar-refractivity contribution is 6.35. The fourth-order valence-electron chi connectivity index (χ4n) is 4.70. The van der Waals surface area contributed by atoms with E-state index in [9.17, 15) is 14.0 Å². The molecular formula is C26H22Cl2FN3O2. The predicted molar refractivity (Wildman–Crippen MR) is 133 cm³/mol. The Morgan fingerprint density at radius 1 is 1.03 bits per heavy atom. The van der Waals surface area contributed by atoms with Gasteiger partial charge in [0, 0.05) is 36.3 Å². The lowest BCUT2D eigenvalue weighted by molar-refractivity contribution is 0.0985. The number of hydrogen-bond donors (Lipinski definition) is 1. The highest BCUT2D eigenvalue weighted by Gasteiger charge is 2.45. The number of carbonyl (C=O) groups is 2. The van der Waals surface area contributed by atoms with Gasteiger partial charge in [0.05, 0.1) is 22.0 Å². The number of carbonyl (C=O) groups excluding carboxylic acids is 2. The second-order valence-electron chi connectivity index (χ2n) is 8.88. The highest BCUT2D eigenvalue weighted by atomic mass is 35.5. The first-order valence-corrected chi connectivity index (χ1v) is 11.7. The molecule has 174 valence electrons. The quantitative estimate of drug-likeness (QED) is 0.496. The van der Waals surface area contributed by atoms with Crippen LogP contribution < -0.4 is 15.5 Å². The minimum absolute atomic E-state index is 0.0625. The predicted octanol–water partition coefficient (Wildman–Crippen LogP) is 5.63. The number of benzene rings is 3. The number of nitrogens with zero attached hydrogens (tertiary/aromatic N) is 2. The van der Waals surface area contributed by atoms with Gasteiger partial charge in [0.15, 0.2) is 0 Å². The lowest BCUT2D eigenvalue weighted by Gasteiger charge is -2.29. The van der Waals surface area contributed by atoms with Crippen LogP contribution >= 0.6 is 23.2 Å². The van der Waals surface area contributed by atoms with E-state index in [2.05, 4.69) is 4.90 Å². The number of hydrogen-bond acceptors (Lipinski definition) is 3. The highest BCUT2D eigenvalue weighted by Crippen LogP contribution is 2.48. The third-order valence-electron chi connectivity index (χ3n) is 6.70. The molecule has 1 heterocycles. The van der Waals surface area contributed by atoms with Gasteiger partial charge in [-0.25, -0.2) is 4.39 Å². The normalized spacial score (nSPS) is 18.5. The molecule has 5 rings (SSSR count). The van der Waals surface area contributed by atoms with Crippen molar-refractivity contribution < 1.29 is 14.0 Å². The van der Waals surface area contributed by atoms with Crippen molar-refractivity contribution in [2.75, 3.05) is 29.9 Å². The van der Waals surface area contributed by atoms with Gasteiger partial charge in [0.2, 0.25) is 5.91 Å². The Balaban J connectivity index is 1.59. The summed E-state index contributed by atoms with van der Waals surface area (Å²) in [6.45, 7) is 1.78. The molecule has 1 aliphatic heterocycles. The molecule has 2 atom stereocenters. The Hall–Kier alpha value is -3.09. The Morgan fingerprint density at radius 2 is 1.76 bits per heavy atom. The molecule has 1 saturated carbocycles. The van der Waals surface area contributed by atoms with E-state index in [-0.39, 0.29) is 10.6 Å². The van der Waals surface area contributed by atoms with Crippen LogP contribution in [0, 0.1) is 17.7 Å². The topological polar surface area (TPSA) is 66.6 Å². The van der Waals surface area contributed by atoms with Gasteiger partial charge in [-0.05, 0) is 66.3 Å². The molecule has 1 aliphatic carbocycles. The monoisotopic (exact) mass is 497 g/mol. The van der Waals surface area contributed by atoms with Crippen molar-refractivity contribution in [3.63, 3.8) is 0 Å². The average Bonchev–Trinajstić information content (AvgIpc) is 3.42. The van der Waals surface area contributed by atoms with Crippen molar-refractivity contribution in [1.29, 1.82) is 0 Å². The molecule has 3 aromatic carbocycles. The van der Waals surface area contributed by atoms with Crippen molar-refractivity contribution in [2.45, 2.75) is 6.42 Å². The van der Waals surface area contributed by atoms with Crippen molar-refractivity contribution in [3.05, 3.63) is 81.6 Å². The maximum absolute atomic E-state index is 14.5. The maximum atomic E-state index is 14.5. The third kappa shape index (κ3) is 4.01. The van der Waals surface area contributed by atoms with Crippen LogP contribution in [-0.2, 0) is 0 Å². The van der Waals surface area contributed by atoms with Crippen LogP contribution in [0.2, 0.25) is 10.0 Å². The van der Waals surface area contributed by atoms with Gasteiger partial charge in [-0.3, -0.25) is 9.59 Å². The van der Waals surface area contributed by atoms with Gasteiger partial charge < -0.3 is 15.5 Å². The Labute approximate surface area is 206 Å².